The summed E-state index contributed by atoms with van der Waals surface area (Å²) < 4.78 is 14.4. The highest BCUT2D eigenvalue weighted by atomic mass is 35.5. The summed E-state index contributed by atoms with van der Waals surface area (Å²) >= 11 is 7.36. The summed E-state index contributed by atoms with van der Waals surface area (Å²) in [6.07, 6.45) is 0. The molecule has 2 amide bonds. The summed E-state index contributed by atoms with van der Waals surface area (Å²) in [7, 11) is 0. The molecule has 2 aliphatic heterocycles. The summed E-state index contributed by atoms with van der Waals surface area (Å²) in [5.74, 6) is -0.337. The van der Waals surface area contributed by atoms with Crippen LogP contribution in [0.4, 0.5) is 10.1 Å². The average molecular weight is 467 g/mol. The van der Waals surface area contributed by atoms with Crippen molar-refractivity contribution in [2.75, 3.05) is 17.2 Å². The first-order valence-electron chi connectivity index (χ1n) is 10.3. The number of nitrogens with zero attached hydrogens (tertiary/aromatic N) is 2. The number of hydrogen-bond acceptors (Lipinski definition) is 3. The smallest absolute Gasteiger partial charge is 0.268 e. The second-order valence-electron chi connectivity index (χ2n) is 8.00. The molecule has 5 rings (SSSR count). The average Bonchev–Trinajstić information content (AvgIpc) is 3.31. The molecule has 162 valence electrons. The maximum absolute atomic E-state index is 14.4. The van der Waals surface area contributed by atoms with Crippen LogP contribution in [0.2, 0.25) is 5.02 Å². The van der Waals surface area contributed by atoms with Crippen LogP contribution in [0.25, 0.3) is 0 Å². The van der Waals surface area contributed by atoms with Gasteiger partial charge in [-0.1, -0.05) is 41.4 Å². The van der Waals surface area contributed by atoms with Gasteiger partial charge in [0.05, 0.1) is 12.2 Å². The van der Waals surface area contributed by atoms with Crippen molar-refractivity contribution in [2.24, 2.45) is 0 Å². The Hall–Kier alpha value is -2.83. The van der Waals surface area contributed by atoms with Gasteiger partial charge in [0.1, 0.15) is 5.82 Å². The Labute approximate surface area is 195 Å². The number of fused-ring (bicyclic) bond motifs is 2. The lowest BCUT2D eigenvalue weighted by Gasteiger charge is -2.33. The fourth-order valence-corrected chi connectivity index (χ4v) is 6.06. The standard InChI is InChI=1S/C25H20ClFN2O2S/c1-16-3-2-4-17(13-16)15-28-22-10-9-20(27)14-21(22)25(24(28)31)29(11-12-32-25)23(30)18-5-7-19(26)8-6-18/h2-10,13-14H,11-12,15H2,1H3/t25-/m0/s1. The summed E-state index contributed by atoms with van der Waals surface area (Å²) in [5, 5.41) is 0.528. The van der Waals surface area contributed by atoms with Crippen LogP contribution in [0, 0.1) is 12.7 Å². The van der Waals surface area contributed by atoms with Gasteiger partial charge < -0.3 is 9.80 Å². The molecule has 0 aromatic heterocycles. The molecule has 3 aromatic carbocycles. The SMILES string of the molecule is Cc1cccc(CN2C(=O)[C@@]3(SCCN3C(=O)c3ccc(Cl)cc3)c3cc(F)ccc32)c1. The molecule has 1 spiro atoms. The van der Waals surface area contributed by atoms with E-state index in [-0.39, 0.29) is 11.8 Å². The number of rotatable bonds is 3. The molecule has 0 bridgehead atoms. The van der Waals surface area contributed by atoms with Gasteiger partial charge in [-0.3, -0.25) is 9.59 Å². The van der Waals surface area contributed by atoms with Crippen molar-refractivity contribution in [2.45, 2.75) is 18.3 Å². The van der Waals surface area contributed by atoms with Gasteiger partial charge in [-0.25, -0.2) is 4.39 Å². The molecule has 1 atom stereocenters. The molecule has 0 unspecified atom stereocenters. The first kappa shape index (κ1) is 21.0. The molecule has 4 nitrogen and oxygen atoms in total. The van der Waals surface area contributed by atoms with E-state index in [0.717, 1.165) is 11.1 Å². The molecule has 1 fully saturated rings. The Morgan fingerprint density at radius 1 is 1.12 bits per heavy atom. The quantitative estimate of drug-likeness (QED) is 0.520. The molecule has 2 heterocycles. The van der Waals surface area contributed by atoms with Crippen molar-refractivity contribution in [1.29, 1.82) is 0 Å². The minimum absolute atomic E-state index is 0.218. The number of halogens is 2. The van der Waals surface area contributed by atoms with Crippen LogP contribution in [-0.2, 0) is 16.2 Å². The van der Waals surface area contributed by atoms with Gasteiger partial charge in [0.25, 0.3) is 11.8 Å². The molecule has 0 saturated carbocycles. The highest BCUT2D eigenvalue weighted by Crippen LogP contribution is 2.54. The van der Waals surface area contributed by atoms with E-state index in [4.69, 9.17) is 11.6 Å². The van der Waals surface area contributed by atoms with Crippen molar-refractivity contribution in [3.05, 3.63) is 99.8 Å². The number of hydrogen-bond donors (Lipinski definition) is 0. The molecule has 3 aromatic rings. The van der Waals surface area contributed by atoms with Crippen LogP contribution in [0.5, 0.6) is 0 Å². The van der Waals surface area contributed by atoms with Gasteiger partial charge in [0.15, 0.2) is 4.87 Å². The topological polar surface area (TPSA) is 40.6 Å². The first-order valence-corrected chi connectivity index (χ1v) is 11.7. The van der Waals surface area contributed by atoms with E-state index in [1.165, 1.54) is 23.9 Å². The monoisotopic (exact) mass is 466 g/mol. The third-order valence-electron chi connectivity index (χ3n) is 5.91. The molecular weight excluding hydrogens is 447 g/mol. The summed E-state index contributed by atoms with van der Waals surface area (Å²) in [6.45, 7) is 2.75. The molecule has 32 heavy (non-hydrogen) atoms. The number of amides is 2. The van der Waals surface area contributed by atoms with Crippen LogP contribution in [0.15, 0.2) is 66.7 Å². The summed E-state index contributed by atoms with van der Waals surface area (Å²) in [4.78, 5) is 29.4. The second kappa shape index (κ2) is 7.94. The van der Waals surface area contributed by atoms with Crippen LogP contribution >= 0.6 is 23.4 Å². The van der Waals surface area contributed by atoms with E-state index in [1.807, 2.05) is 31.2 Å². The van der Waals surface area contributed by atoms with E-state index >= 15 is 0 Å². The van der Waals surface area contributed by atoms with E-state index in [2.05, 4.69) is 0 Å². The third kappa shape index (κ3) is 3.29. The fraction of sp³-hybridized carbons (Fsp3) is 0.200. The number of benzene rings is 3. The van der Waals surface area contributed by atoms with Gasteiger partial charge >= 0.3 is 0 Å². The molecule has 1 saturated heterocycles. The Kier molecular flexibility index (Phi) is 5.22. The number of carbonyl (C=O) groups excluding carboxylic acids is 2. The zero-order chi connectivity index (χ0) is 22.5. The Bertz CT molecular complexity index is 1230. The van der Waals surface area contributed by atoms with Crippen molar-refractivity contribution < 1.29 is 14.0 Å². The highest BCUT2D eigenvalue weighted by molar-refractivity contribution is 8.01. The molecular formula is C25H20ClFN2O2S. The Morgan fingerprint density at radius 3 is 2.66 bits per heavy atom. The lowest BCUT2D eigenvalue weighted by Crippen LogP contribution is -2.50. The van der Waals surface area contributed by atoms with Crippen molar-refractivity contribution in [1.82, 2.24) is 4.90 Å². The van der Waals surface area contributed by atoms with Crippen LogP contribution in [0.1, 0.15) is 27.0 Å². The summed E-state index contributed by atoms with van der Waals surface area (Å²) in [5.41, 5.74) is 3.68. The van der Waals surface area contributed by atoms with Crippen molar-refractivity contribution >= 4 is 40.9 Å². The van der Waals surface area contributed by atoms with Gasteiger partial charge in [0.2, 0.25) is 0 Å². The predicted octanol–water partition coefficient (Wildman–Crippen LogP) is 5.38. The normalized spacial score (nSPS) is 19.7. The lowest BCUT2D eigenvalue weighted by atomic mass is 10.0. The number of thioether (sulfide) groups is 1. The molecule has 0 aliphatic carbocycles. The fourth-order valence-electron chi connectivity index (χ4n) is 4.49. The largest absolute Gasteiger partial charge is 0.311 e. The first-order chi connectivity index (χ1) is 15.4. The van der Waals surface area contributed by atoms with E-state index in [0.29, 0.717) is 40.7 Å². The van der Waals surface area contributed by atoms with Gasteiger partial charge in [-0.05, 0) is 55.0 Å². The van der Waals surface area contributed by atoms with Gasteiger partial charge in [-0.15, -0.1) is 11.8 Å². The maximum Gasteiger partial charge on any atom is 0.268 e. The highest BCUT2D eigenvalue weighted by Gasteiger charge is 2.59. The predicted molar refractivity (Wildman–Crippen MR) is 125 cm³/mol. The maximum atomic E-state index is 14.4. The van der Waals surface area contributed by atoms with E-state index in [9.17, 15) is 14.0 Å². The Morgan fingerprint density at radius 2 is 1.91 bits per heavy atom. The minimum Gasteiger partial charge on any atom is -0.311 e. The molecule has 0 N–H and O–H groups in total. The zero-order valence-electron chi connectivity index (χ0n) is 17.3. The van der Waals surface area contributed by atoms with Gasteiger partial charge in [-0.2, -0.15) is 0 Å². The van der Waals surface area contributed by atoms with Crippen LogP contribution in [-0.4, -0.2) is 29.0 Å². The number of aryl methyl sites for hydroxylation is 1. The lowest BCUT2D eigenvalue weighted by molar-refractivity contribution is -0.123. The molecule has 7 heteroatoms. The number of carbonyl (C=O) groups is 2. The van der Waals surface area contributed by atoms with Crippen molar-refractivity contribution in [3.63, 3.8) is 0 Å². The molecule has 2 aliphatic rings. The Balaban J connectivity index is 1.59. The van der Waals surface area contributed by atoms with Gasteiger partial charge in [0, 0.05) is 28.4 Å². The zero-order valence-corrected chi connectivity index (χ0v) is 18.9. The minimum atomic E-state index is -1.28. The van der Waals surface area contributed by atoms with Crippen LogP contribution < -0.4 is 4.90 Å². The second-order valence-corrected chi connectivity index (χ2v) is 9.72. The summed E-state index contributed by atoms with van der Waals surface area (Å²) in [6, 6.07) is 18.9. The third-order valence-corrected chi connectivity index (χ3v) is 7.59. The molecule has 0 radical (unpaired) electrons. The van der Waals surface area contributed by atoms with Crippen LogP contribution in [0.3, 0.4) is 0 Å². The van der Waals surface area contributed by atoms with E-state index < -0.39 is 10.7 Å². The number of anilines is 1. The van der Waals surface area contributed by atoms with Crippen molar-refractivity contribution in [3.8, 4) is 0 Å². The van der Waals surface area contributed by atoms with E-state index in [1.54, 1.807) is 40.1 Å².